The number of amides is 1. The highest BCUT2D eigenvalue weighted by atomic mass is 35.5. The molecule has 0 bridgehead atoms. The van der Waals surface area contributed by atoms with Gasteiger partial charge >= 0.3 is 0 Å². The molecule has 2 rings (SSSR count). The maximum Gasteiger partial charge on any atom is 0.233 e. The number of nitrogens with one attached hydrogen (secondary N) is 1. The molecule has 20 heavy (non-hydrogen) atoms. The van der Waals surface area contributed by atoms with Gasteiger partial charge in [0.1, 0.15) is 0 Å². The SMILES string of the molecule is CCN(CC)C(=O)[C@]1(c2ccccc2)C[C@@H]1CNC.Cl. The maximum atomic E-state index is 12.9. The zero-order valence-corrected chi connectivity index (χ0v) is 13.4. The van der Waals surface area contributed by atoms with E-state index in [1.54, 1.807) is 0 Å². The molecule has 1 amide bonds. The van der Waals surface area contributed by atoms with Gasteiger partial charge in [0, 0.05) is 13.1 Å². The van der Waals surface area contributed by atoms with Gasteiger partial charge in [0.2, 0.25) is 5.91 Å². The summed E-state index contributed by atoms with van der Waals surface area (Å²) in [7, 11) is 1.95. The summed E-state index contributed by atoms with van der Waals surface area (Å²) in [6, 6.07) is 10.3. The fraction of sp³-hybridized carbons (Fsp3) is 0.562. The molecule has 112 valence electrons. The summed E-state index contributed by atoms with van der Waals surface area (Å²) >= 11 is 0. The Bertz CT molecular complexity index is 433. The fourth-order valence-electron chi connectivity index (χ4n) is 3.09. The summed E-state index contributed by atoms with van der Waals surface area (Å²) in [5, 5.41) is 3.21. The van der Waals surface area contributed by atoms with Crippen LogP contribution in [0, 0.1) is 5.92 Å². The van der Waals surface area contributed by atoms with Crippen molar-refractivity contribution in [2.45, 2.75) is 25.7 Å². The highest BCUT2D eigenvalue weighted by Gasteiger charge is 2.61. The molecular formula is C16H25ClN2O. The molecule has 1 aromatic carbocycles. The Balaban J connectivity index is 0.00000200. The quantitative estimate of drug-likeness (QED) is 0.874. The van der Waals surface area contributed by atoms with Crippen molar-refractivity contribution in [1.29, 1.82) is 0 Å². The van der Waals surface area contributed by atoms with Gasteiger partial charge in [-0.2, -0.15) is 0 Å². The van der Waals surface area contributed by atoms with Crippen molar-refractivity contribution in [1.82, 2.24) is 10.2 Å². The Morgan fingerprint density at radius 2 is 1.90 bits per heavy atom. The van der Waals surface area contributed by atoms with Crippen molar-refractivity contribution >= 4 is 18.3 Å². The van der Waals surface area contributed by atoms with E-state index in [9.17, 15) is 4.79 Å². The first kappa shape index (κ1) is 17.0. The minimum Gasteiger partial charge on any atom is -0.342 e. The van der Waals surface area contributed by atoms with Crippen LogP contribution in [0.2, 0.25) is 0 Å². The van der Waals surface area contributed by atoms with Crippen LogP contribution in [0.5, 0.6) is 0 Å². The van der Waals surface area contributed by atoms with Gasteiger partial charge in [-0.15, -0.1) is 12.4 Å². The minimum absolute atomic E-state index is 0. The van der Waals surface area contributed by atoms with E-state index in [0.29, 0.717) is 11.8 Å². The van der Waals surface area contributed by atoms with Crippen LogP contribution >= 0.6 is 12.4 Å². The number of nitrogens with zero attached hydrogens (tertiary/aromatic N) is 1. The molecule has 1 N–H and O–H groups in total. The van der Waals surface area contributed by atoms with Crippen LogP contribution in [0.4, 0.5) is 0 Å². The highest BCUT2D eigenvalue weighted by molar-refractivity contribution is 5.92. The number of rotatable bonds is 6. The van der Waals surface area contributed by atoms with E-state index in [-0.39, 0.29) is 17.8 Å². The molecule has 0 aliphatic heterocycles. The summed E-state index contributed by atoms with van der Waals surface area (Å²) in [6.45, 7) is 6.58. The van der Waals surface area contributed by atoms with Crippen LogP contribution in [-0.4, -0.2) is 37.5 Å². The Hall–Kier alpha value is -1.06. The molecule has 2 atom stereocenters. The highest BCUT2D eigenvalue weighted by Crippen LogP contribution is 2.55. The third-order valence-electron chi connectivity index (χ3n) is 4.28. The van der Waals surface area contributed by atoms with E-state index < -0.39 is 0 Å². The van der Waals surface area contributed by atoms with Gasteiger partial charge in [0.05, 0.1) is 5.41 Å². The summed E-state index contributed by atoms with van der Waals surface area (Å²) in [5.74, 6) is 0.719. The molecular weight excluding hydrogens is 272 g/mol. The number of likely N-dealkylation sites (N-methyl/N-ethyl adjacent to an activating group) is 1. The molecule has 1 fully saturated rings. The Morgan fingerprint density at radius 3 is 2.40 bits per heavy atom. The van der Waals surface area contributed by atoms with Crippen LogP contribution in [0.15, 0.2) is 30.3 Å². The van der Waals surface area contributed by atoms with Gasteiger partial charge in [-0.05, 0) is 45.3 Å². The van der Waals surface area contributed by atoms with Crippen molar-refractivity contribution in [3.63, 3.8) is 0 Å². The van der Waals surface area contributed by atoms with Gasteiger partial charge in [0.25, 0.3) is 0 Å². The van der Waals surface area contributed by atoms with E-state index >= 15 is 0 Å². The topological polar surface area (TPSA) is 32.3 Å². The van der Waals surface area contributed by atoms with Crippen LogP contribution in [0.1, 0.15) is 25.8 Å². The summed E-state index contributed by atoms with van der Waals surface area (Å²) in [4.78, 5) is 14.8. The normalized spacial score (nSPS) is 23.9. The first-order chi connectivity index (χ1) is 9.20. The van der Waals surface area contributed by atoms with Gasteiger partial charge in [-0.3, -0.25) is 4.79 Å². The second-order valence-corrected chi connectivity index (χ2v) is 5.27. The van der Waals surface area contributed by atoms with Crippen molar-refractivity contribution in [3.8, 4) is 0 Å². The average Bonchev–Trinajstić information content (AvgIpc) is 3.17. The minimum atomic E-state index is -0.281. The molecule has 1 aliphatic rings. The maximum absolute atomic E-state index is 12.9. The second kappa shape index (κ2) is 7.09. The molecule has 1 aliphatic carbocycles. The number of halogens is 1. The molecule has 0 unspecified atom stereocenters. The molecule has 3 nitrogen and oxygen atoms in total. The van der Waals surface area contributed by atoms with Gasteiger partial charge in [-0.1, -0.05) is 30.3 Å². The van der Waals surface area contributed by atoms with Crippen LogP contribution in [0.3, 0.4) is 0 Å². The number of hydrogen-bond donors (Lipinski definition) is 1. The van der Waals surface area contributed by atoms with Crippen molar-refractivity contribution in [3.05, 3.63) is 35.9 Å². The third kappa shape index (κ3) is 2.84. The van der Waals surface area contributed by atoms with E-state index in [1.807, 2.05) is 30.1 Å². The van der Waals surface area contributed by atoms with E-state index in [2.05, 4.69) is 31.3 Å². The lowest BCUT2D eigenvalue weighted by Gasteiger charge is -2.26. The van der Waals surface area contributed by atoms with E-state index in [1.165, 1.54) is 5.56 Å². The van der Waals surface area contributed by atoms with Crippen molar-refractivity contribution in [2.75, 3.05) is 26.7 Å². The van der Waals surface area contributed by atoms with Crippen molar-refractivity contribution < 1.29 is 4.79 Å². The molecule has 4 heteroatoms. The molecule has 1 aromatic rings. The molecule has 1 saturated carbocycles. The Kier molecular flexibility index (Phi) is 6.03. The monoisotopic (exact) mass is 296 g/mol. The molecule has 0 spiro atoms. The molecule has 0 saturated heterocycles. The molecule has 0 aromatic heterocycles. The largest absolute Gasteiger partial charge is 0.342 e. The Morgan fingerprint density at radius 1 is 1.30 bits per heavy atom. The van der Waals surface area contributed by atoms with Crippen LogP contribution < -0.4 is 5.32 Å². The van der Waals surface area contributed by atoms with Gasteiger partial charge < -0.3 is 10.2 Å². The van der Waals surface area contributed by atoms with Gasteiger partial charge in [0.15, 0.2) is 0 Å². The smallest absolute Gasteiger partial charge is 0.233 e. The lowest BCUT2D eigenvalue weighted by Crippen LogP contribution is -2.41. The first-order valence-corrected chi connectivity index (χ1v) is 7.20. The molecule has 0 heterocycles. The fourth-order valence-corrected chi connectivity index (χ4v) is 3.09. The number of carbonyl (C=O) groups is 1. The summed E-state index contributed by atoms with van der Waals surface area (Å²) < 4.78 is 0. The summed E-state index contributed by atoms with van der Waals surface area (Å²) in [6.07, 6.45) is 0.965. The predicted octanol–water partition coefficient (Wildman–Crippen LogP) is 2.45. The van der Waals surface area contributed by atoms with E-state index in [4.69, 9.17) is 0 Å². The number of hydrogen-bond acceptors (Lipinski definition) is 2. The van der Waals surface area contributed by atoms with E-state index in [0.717, 1.165) is 26.1 Å². The van der Waals surface area contributed by atoms with Crippen molar-refractivity contribution in [2.24, 2.45) is 5.92 Å². The lowest BCUT2D eigenvalue weighted by atomic mass is 9.91. The van der Waals surface area contributed by atoms with Gasteiger partial charge in [-0.25, -0.2) is 0 Å². The second-order valence-electron chi connectivity index (χ2n) is 5.27. The number of carbonyl (C=O) groups excluding carboxylic acids is 1. The van der Waals surface area contributed by atoms with Crippen LogP contribution in [0.25, 0.3) is 0 Å². The standard InChI is InChI=1S/C16H24N2O.ClH/c1-4-18(5-2)15(19)16(11-14(16)12-17-3)13-9-7-6-8-10-13;/h6-10,14,17H,4-5,11-12H2,1-3H3;1H/t14-,16+;/m1./s1. The number of benzene rings is 1. The first-order valence-electron chi connectivity index (χ1n) is 7.20. The predicted molar refractivity (Wildman–Crippen MR) is 85.3 cm³/mol. The third-order valence-corrected chi connectivity index (χ3v) is 4.28. The van der Waals surface area contributed by atoms with Crippen LogP contribution in [-0.2, 0) is 10.2 Å². The summed E-state index contributed by atoms with van der Waals surface area (Å²) in [5.41, 5.74) is 0.892. The Labute approximate surface area is 128 Å². The lowest BCUT2D eigenvalue weighted by molar-refractivity contribution is -0.134. The average molecular weight is 297 g/mol. The zero-order valence-electron chi connectivity index (χ0n) is 12.6. The zero-order chi connectivity index (χ0) is 13.9. The molecule has 0 radical (unpaired) electrons.